The summed E-state index contributed by atoms with van der Waals surface area (Å²) in [4.78, 5) is 10.9. The molecule has 4 nitrogen and oxygen atoms in total. The molecule has 2 N–H and O–H groups in total. The number of nitrogen functional groups attached to an aromatic ring is 1. The highest BCUT2D eigenvalue weighted by Crippen LogP contribution is 2.35. The first kappa shape index (κ1) is 13.0. The van der Waals surface area contributed by atoms with Crippen molar-refractivity contribution < 1.29 is 14.3 Å². The van der Waals surface area contributed by atoms with Crippen LogP contribution in [0.3, 0.4) is 0 Å². The van der Waals surface area contributed by atoms with Crippen molar-refractivity contribution in [1.82, 2.24) is 0 Å². The lowest BCUT2D eigenvalue weighted by molar-refractivity contribution is 0.112. The van der Waals surface area contributed by atoms with Crippen LogP contribution in [0, 0.1) is 0 Å². The zero-order valence-corrected chi connectivity index (χ0v) is 10.8. The molecule has 0 aromatic heterocycles. The number of aldehydes is 1. The van der Waals surface area contributed by atoms with Gasteiger partial charge in [-0.3, -0.25) is 4.79 Å². The van der Waals surface area contributed by atoms with E-state index in [1.807, 2.05) is 12.1 Å². The molecule has 0 aliphatic carbocycles. The molecule has 0 aliphatic heterocycles. The van der Waals surface area contributed by atoms with Crippen molar-refractivity contribution >= 4 is 12.0 Å². The number of hydrogen-bond donors (Lipinski definition) is 1. The molecule has 98 valence electrons. The van der Waals surface area contributed by atoms with Crippen LogP contribution < -0.4 is 15.2 Å². The lowest BCUT2D eigenvalue weighted by Gasteiger charge is -2.12. The highest BCUT2D eigenvalue weighted by atomic mass is 16.5. The number of ether oxygens (including phenoxy) is 2. The average molecular weight is 257 g/mol. The van der Waals surface area contributed by atoms with Gasteiger partial charge in [0.05, 0.1) is 14.2 Å². The lowest BCUT2D eigenvalue weighted by Crippen LogP contribution is -1.95. The van der Waals surface area contributed by atoms with Crippen molar-refractivity contribution in [2.75, 3.05) is 20.0 Å². The third-order valence-corrected chi connectivity index (χ3v) is 2.91. The van der Waals surface area contributed by atoms with Gasteiger partial charge in [0.15, 0.2) is 0 Å². The molecule has 19 heavy (non-hydrogen) atoms. The molecule has 0 amide bonds. The van der Waals surface area contributed by atoms with Gasteiger partial charge in [-0.2, -0.15) is 0 Å². The van der Waals surface area contributed by atoms with Gasteiger partial charge < -0.3 is 15.2 Å². The summed E-state index contributed by atoms with van der Waals surface area (Å²) in [5.41, 5.74) is 8.76. The average Bonchev–Trinajstić information content (AvgIpc) is 2.46. The number of anilines is 1. The van der Waals surface area contributed by atoms with Gasteiger partial charge in [-0.1, -0.05) is 0 Å². The van der Waals surface area contributed by atoms with Crippen LogP contribution in [-0.2, 0) is 0 Å². The van der Waals surface area contributed by atoms with E-state index in [4.69, 9.17) is 15.2 Å². The SMILES string of the molecule is COc1ccc(-c2cc(C=O)ccc2OC)c(N)c1. The Morgan fingerprint density at radius 1 is 1.00 bits per heavy atom. The largest absolute Gasteiger partial charge is 0.497 e. The molecule has 2 aromatic rings. The van der Waals surface area contributed by atoms with Gasteiger partial charge in [-0.05, 0) is 30.3 Å². The highest BCUT2D eigenvalue weighted by molar-refractivity contribution is 5.86. The van der Waals surface area contributed by atoms with E-state index < -0.39 is 0 Å². The summed E-state index contributed by atoms with van der Waals surface area (Å²) in [6.45, 7) is 0. The van der Waals surface area contributed by atoms with Crippen molar-refractivity contribution in [3.63, 3.8) is 0 Å². The van der Waals surface area contributed by atoms with Crippen LogP contribution in [0.25, 0.3) is 11.1 Å². The molecule has 2 rings (SSSR count). The number of carbonyl (C=O) groups is 1. The van der Waals surface area contributed by atoms with E-state index in [9.17, 15) is 4.79 Å². The second kappa shape index (κ2) is 5.44. The minimum absolute atomic E-state index is 0.570. The molecule has 0 bridgehead atoms. The van der Waals surface area contributed by atoms with Gasteiger partial charge in [0.1, 0.15) is 17.8 Å². The molecule has 0 spiro atoms. The minimum Gasteiger partial charge on any atom is -0.497 e. The number of nitrogens with two attached hydrogens (primary N) is 1. The van der Waals surface area contributed by atoms with E-state index in [2.05, 4.69) is 0 Å². The summed E-state index contributed by atoms with van der Waals surface area (Å²) in [5, 5.41) is 0. The molecule has 0 fully saturated rings. The zero-order chi connectivity index (χ0) is 13.8. The first-order valence-electron chi connectivity index (χ1n) is 5.76. The predicted molar refractivity (Wildman–Crippen MR) is 74.8 cm³/mol. The van der Waals surface area contributed by atoms with Gasteiger partial charge in [-0.15, -0.1) is 0 Å². The summed E-state index contributed by atoms with van der Waals surface area (Å²) >= 11 is 0. The Balaban J connectivity index is 2.59. The van der Waals surface area contributed by atoms with Crippen LogP contribution in [0.15, 0.2) is 36.4 Å². The number of methoxy groups -OCH3 is 2. The fourth-order valence-corrected chi connectivity index (χ4v) is 1.92. The van der Waals surface area contributed by atoms with E-state index in [1.165, 1.54) is 0 Å². The van der Waals surface area contributed by atoms with Gasteiger partial charge in [0.25, 0.3) is 0 Å². The molecule has 0 radical (unpaired) electrons. The number of hydrogen-bond acceptors (Lipinski definition) is 4. The quantitative estimate of drug-likeness (QED) is 0.675. The van der Waals surface area contributed by atoms with Gasteiger partial charge in [0, 0.05) is 28.4 Å². The van der Waals surface area contributed by atoms with E-state index in [0.717, 1.165) is 17.4 Å². The standard InChI is InChI=1S/C15H15NO3/c1-18-11-4-5-12(14(16)8-11)13-7-10(9-17)3-6-15(13)19-2/h3-9H,16H2,1-2H3. The highest BCUT2D eigenvalue weighted by Gasteiger charge is 2.10. The monoisotopic (exact) mass is 257 g/mol. The van der Waals surface area contributed by atoms with Crippen molar-refractivity contribution in [3.05, 3.63) is 42.0 Å². The maximum atomic E-state index is 10.9. The van der Waals surface area contributed by atoms with Crippen molar-refractivity contribution in [2.24, 2.45) is 0 Å². The van der Waals surface area contributed by atoms with E-state index in [0.29, 0.717) is 22.7 Å². The predicted octanol–water partition coefficient (Wildman–Crippen LogP) is 2.77. The first-order chi connectivity index (χ1) is 9.19. The zero-order valence-electron chi connectivity index (χ0n) is 10.8. The Labute approximate surface area is 111 Å². The molecule has 4 heteroatoms. The summed E-state index contributed by atoms with van der Waals surface area (Å²) in [6.07, 6.45) is 0.794. The maximum Gasteiger partial charge on any atom is 0.150 e. The fraction of sp³-hybridized carbons (Fsp3) is 0.133. The van der Waals surface area contributed by atoms with Crippen molar-refractivity contribution in [2.45, 2.75) is 0 Å². The fourth-order valence-electron chi connectivity index (χ4n) is 1.92. The second-order valence-electron chi connectivity index (χ2n) is 4.03. The summed E-state index contributed by atoms with van der Waals surface area (Å²) < 4.78 is 10.4. The Kier molecular flexibility index (Phi) is 3.71. The van der Waals surface area contributed by atoms with Crippen molar-refractivity contribution in [3.8, 4) is 22.6 Å². The lowest BCUT2D eigenvalue weighted by atomic mass is 10.0. The van der Waals surface area contributed by atoms with Gasteiger partial charge in [-0.25, -0.2) is 0 Å². The molecular weight excluding hydrogens is 242 g/mol. The van der Waals surface area contributed by atoms with E-state index in [-0.39, 0.29) is 0 Å². The van der Waals surface area contributed by atoms with Crippen molar-refractivity contribution in [1.29, 1.82) is 0 Å². The molecule has 0 saturated heterocycles. The molecule has 0 unspecified atom stereocenters. The smallest absolute Gasteiger partial charge is 0.150 e. The third-order valence-electron chi connectivity index (χ3n) is 2.91. The molecule has 2 aromatic carbocycles. The van der Waals surface area contributed by atoms with E-state index >= 15 is 0 Å². The Morgan fingerprint density at radius 2 is 1.79 bits per heavy atom. The Hall–Kier alpha value is -2.49. The first-order valence-corrected chi connectivity index (χ1v) is 5.76. The topological polar surface area (TPSA) is 61.5 Å². The second-order valence-corrected chi connectivity index (χ2v) is 4.03. The maximum absolute atomic E-state index is 10.9. The van der Waals surface area contributed by atoms with Gasteiger partial charge in [0.2, 0.25) is 0 Å². The minimum atomic E-state index is 0.570. The third kappa shape index (κ3) is 2.52. The van der Waals surface area contributed by atoms with Crippen LogP contribution in [0.5, 0.6) is 11.5 Å². The van der Waals surface area contributed by atoms with Crippen LogP contribution in [0.4, 0.5) is 5.69 Å². The Morgan fingerprint density at radius 3 is 2.37 bits per heavy atom. The molecular formula is C15H15NO3. The van der Waals surface area contributed by atoms with Gasteiger partial charge >= 0.3 is 0 Å². The van der Waals surface area contributed by atoms with Crippen LogP contribution in [0.2, 0.25) is 0 Å². The molecule has 0 saturated carbocycles. The number of benzene rings is 2. The Bertz CT molecular complexity index is 608. The summed E-state index contributed by atoms with van der Waals surface area (Å²) in [7, 11) is 3.17. The molecule has 0 atom stereocenters. The summed E-state index contributed by atoms with van der Waals surface area (Å²) in [5.74, 6) is 1.36. The summed E-state index contributed by atoms with van der Waals surface area (Å²) in [6, 6.07) is 10.6. The molecule has 0 aliphatic rings. The molecule has 0 heterocycles. The van der Waals surface area contributed by atoms with E-state index in [1.54, 1.807) is 38.5 Å². The normalized spacial score (nSPS) is 10.0. The van der Waals surface area contributed by atoms with Crippen LogP contribution in [-0.4, -0.2) is 20.5 Å². The van der Waals surface area contributed by atoms with Crippen LogP contribution in [0.1, 0.15) is 10.4 Å². The van der Waals surface area contributed by atoms with Crippen LogP contribution >= 0.6 is 0 Å². The number of rotatable bonds is 4. The number of carbonyl (C=O) groups excluding carboxylic acids is 1.